The predicted molar refractivity (Wildman–Crippen MR) is 69.8 cm³/mol. The molecular weight excluding hydrogens is 267 g/mol. The van der Waals surface area contributed by atoms with Crippen LogP contribution in [0.1, 0.15) is 25.6 Å². The zero-order valence-corrected chi connectivity index (χ0v) is 11.1. The van der Waals surface area contributed by atoms with Crippen LogP contribution in [0.15, 0.2) is 18.2 Å². The number of fused-ring (bicyclic) bond motifs is 1. The highest BCUT2D eigenvalue weighted by atomic mass is 32.1. The molecule has 0 unspecified atom stereocenters. The number of aromatic hydroxyl groups is 1. The van der Waals surface area contributed by atoms with E-state index in [0.717, 1.165) is 11.9 Å². The fourth-order valence-electron chi connectivity index (χ4n) is 1.78. The zero-order chi connectivity index (χ0) is 13.6. The van der Waals surface area contributed by atoms with Gasteiger partial charge in [0, 0.05) is 17.5 Å². The molecule has 0 fully saturated rings. The van der Waals surface area contributed by atoms with Gasteiger partial charge in [0.2, 0.25) is 4.96 Å². The van der Waals surface area contributed by atoms with E-state index in [1.54, 1.807) is 4.52 Å². The SMILES string of the molecule is CC(C)c1nnc2sc(-c3ccc(O)cc3F)nn12. The molecule has 98 valence electrons. The lowest BCUT2D eigenvalue weighted by molar-refractivity contribution is 0.469. The Morgan fingerprint density at radius 2 is 2.11 bits per heavy atom. The van der Waals surface area contributed by atoms with Crippen molar-refractivity contribution in [2.75, 3.05) is 0 Å². The van der Waals surface area contributed by atoms with E-state index in [-0.39, 0.29) is 11.7 Å². The maximum absolute atomic E-state index is 13.8. The first kappa shape index (κ1) is 12.0. The second-order valence-electron chi connectivity index (χ2n) is 4.48. The van der Waals surface area contributed by atoms with Crippen LogP contribution in [-0.4, -0.2) is 24.9 Å². The molecule has 19 heavy (non-hydrogen) atoms. The van der Waals surface area contributed by atoms with Crippen LogP contribution < -0.4 is 0 Å². The summed E-state index contributed by atoms with van der Waals surface area (Å²) in [6, 6.07) is 4.01. The summed E-state index contributed by atoms with van der Waals surface area (Å²) in [5.74, 6) is 0.328. The smallest absolute Gasteiger partial charge is 0.234 e. The normalized spacial score (nSPS) is 11.6. The Balaban J connectivity index is 2.15. The minimum absolute atomic E-state index is 0.105. The maximum atomic E-state index is 13.8. The molecule has 2 heterocycles. The molecule has 0 aliphatic heterocycles. The Kier molecular flexibility index (Phi) is 2.70. The molecule has 1 N–H and O–H groups in total. The number of halogens is 1. The summed E-state index contributed by atoms with van der Waals surface area (Å²) in [5, 5.41) is 22.2. The van der Waals surface area contributed by atoms with Crippen LogP contribution in [0.4, 0.5) is 4.39 Å². The Morgan fingerprint density at radius 1 is 1.32 bits per heavy atom. The van der Waals surface area contributed by atoms with Gasteiger partial charge >= 0.3 is 0 Å². The Hall–Kier alpha value is -2.02. The third kappa shape index (κ3) is 1.95. The van der Waals surface area contributed by atoms with Gasteiger partial charge in [-0.1, -0.05) is 25.2 Å². The van der Waals surface area contributed by atoms with Gasteiger partial charge in [0.1, 0.15) is 11.6 Å². The van der Waals surface area contributed by atoms with E-state index in [2.05, 4.69) is 15.3 Å². The molecular formula is C12H11FN4OS. The molecule has 0 saturated heterocycles. The highest BCUT2D eigenvalue weighted by molar-refractivity contribution is 7.19. The molecule has 0 bridgehead atoms. The van der Waals surface area contributed by atoms with E-state index in [4.69, 9.17) is 0 Å². The molecule has 5 nitrogen and oxygen atoms in total. The minimum Gasteiger partial charge on any atom is -0.508 e. The summed E-state index contributed by atoms with van der Waals surface area (Å²) in [6.45, 7) is 3.99. The van der Waals surface area contributed by atoms with Gasteiger partial charge in [-0.15, -0.1) is 10.2 Å². The standard InChI is InChI=1S/C12H11FN4OS/c1-6(2)10-14-15-12-17(10)16-11(19-12)8-4-3-7(18)5-9(8)13/h3-6,18H,1-2H3. The van der Waals surface area contributed by atoms with Crippen LogP contribution in [-0.2, 0) is 0 Å². The van der Waals surface area contributed by atoms with E-state index < -0.39 is 5.82 Å². The molecule has 1 aromatic carbocycles. The molecule has 0 radical (unpaired) electrons. The molecule has 0 atom stereocenters. The third-order valence-corrected chi connectivity index (χ3v) is 3.65. The lowest BCUT2D eigenvalue weighted by Gasteiger charge is -2.00. The molecule has 0 aliphatic rings. The Bertz CT molecular complexity index is 749. The molecule has 0 amide bonds. The van der Waals surface area contributed by atoms with Gasteiger partial charge in [-0.25, -0.2) is 4.39 Å². The molecule has 7 heteroatoms. The van der Waals surface area contributed by atoms with Gasteiger partial charge in [0.15, 0.2) is 10.8 Å². The highest BCUT2D eigenvalue weighted by Gasteiger charge is 2.17. The lowest BCUT2D eigenvalue weighted by atomic mass is 10.2. The fraction of sp³-hybridized carbons (Fsp3) is 0.250. The topological polar surface area (TPSA) is 63.3 Å². The van der Waals surface area contributed by atoms with Gasteiger partial charge in [0.05, 0.1) is 0 Å². The molecule has 0 spiro atoms. The third-order valence-electron chi connectivity index (χ3n) is 2.71. The maximum Gasteiger partial charge on any atom is 0.234 e. The van der Waals surface area contributed by atoms with Crippen molar-refractivity contribution in [3.63, 3.8) is 0 Å². The first-order valence-electron chi connectivity index (χ1n) is 5.77. The van der Waals surface area contributed by atoms with Crippen molar-refractivity contribution < 1.29 is 9.50 Å². The van der Waals surface area contributed by atoms with Crippen LogP contribution in [0.5, 0.6) is 5.75 Å². The lowest BCUT2D eigenvalue weighted by Crippen LogP contribution is -1.98. The van der Waals surface area contributed by atoms with Crippen molar-refractivity contribution in [2.24, 2.45) is 0 Å². The van der Waals surface area contributed by atoms with Crippen molar-refractivity contribution in [3.8, 4) is 16.3 Å². The monoisotopic (exact) mass is 278 g/mol. The van der Waals surface area contributed by atoms with Crippen molar-refractivity contribution in [2.45, 2.75) is 19.8 Å². The Labute approximate surface area is 112 Å². The summed E-state index contributed by atoms with van der Waals surface area (Å²) in [5.41, 5.74) is 0.350. The number of rotatable bonds is 2. The highest BCUT2D eigenvalue weighted by Crippen LogP contribution is 2.30. The number of phenolic OH excluding ortho intramolecular Hbond substituents is 1. The molecule has 3 aromatic rings. The number of nitrogens with zero attached hydrogens (tertiary/aromatic N) is 4. The van der Waals surface area contributed by atoms with E-state index >= 15 is 0 Å². The van der Waals surface area contributed by atoms with Gasteiger partial charge in [-0.2, -0.15) is 9.61 Å². The average molecular weight is 278 g/mol. The van der Waals surface area contributed by atoms with Gasteiger partial charge in [-0.05, 0) is 12.1 Å². The van der Waals surface area contributed by atoms with E-state index in [0.29, 0.717) is 15.5 Å². The van der Waals surface area contributed by atoms with Gasteiger partial charge in [0.25, 0.3) is 0 Å². The number of benzene rings is 1. The van der Waals surface area contributed by atoms with Crippen LogP contribution in [0.3, 0.4) is 0 Å². The van der Waals surface area contributed by atoms with Crippen LogP contribution in [0.25, 0.3) is 15.5 Å². The quantitative estimate of drug-likeness (QED) is 0.783. The minimum atomic E-state index is -0.504. The Morgan fingerprint density at radius 3 is 2.79 bits per heavy atom. The molecule has 0 aliphatic carbocycles. The van der Waals surface area contributed by atoms with Gasteiger partial charge < -0.3 is 5.11 Å². The van der Waals surface area contributed by atoms with Crippen molar-refractivity contribution in [3.05, 3.63) is 29.8 Å². The van der Waals surface area contributed by atoms with Crippen LogP contribution >= 0.6 is 11.3 Å². The number of aromatic nitrogens is 4. The van der Waals surface area contributed by atoms with E-state index in [1.165, 1.54) is 23.5 Å². The summed E-state index contributed by atoms with van der Waals surface area (Å²) in [7, 11) is 0. The second kappa shape index (κ2) is 4.27. The van der Waals surface area contributed by atoms with E-state index in [1.807, 2.05) is 13.8 Å². The average Bonchev–Trinajstić information content (AvgIpc) is 2.87. The number of phenols is 1. The number of hydrogen-bond acceptors (Lipinski definition) is 5. The van der Waals surface area contributed by atoms with E-state index in [9.17, 15) is 9.50 Å². The first-order valence-corrected chi connectivity index (χ1v) is 6.59. The number of hydrogen-bond donors (Lipinski definition) is 1. The first-order chi connectivity index (χ1) is 9.06. The molecule has 2 aromatic heterocycles. The van der Waals surface area contributed by atoms with Crippen molar-refractivity contribution in [1.82, 2.24) is 19.8 Å². The van der Waals surface area contributed by atoms with Crippen LogP contribution in [0, 0.1) is 5.82 Å². The zero-order valence-electron chi connectivity index (χ0n) is 10.3. The summed E-state index contributed by atoms with van der Waals surface area (Å²) in [6.07, 6.45) is 0. The molecule has 0 saturated carbocycles. The van der Waals surface area contributed by atoms with Crippen molar-refractivity contribution >= 4 is 16.3 Å². The van der Waals surface area contributed by atoms with Gasteiger partial charge in [-0.3, -0.25) is 0 Å². The summed E-state index contributed by atoms with van der Waals surface area (Å²) < 4.78 is 15.4. The second-order valence-corrected chi connectivity index (χ2v) is 5.43. The fourth-order valence-corrected chi connectivity index (χ4v) is 2.65. The van der Waals surface area contributed by atoms with Crippen LogP contribution in [0.2, 0.25) is 0 Å². The predicted octanol–water partition coefficient (Wildman–Crippen LogP) is 2.82. The summed E-state index contributed by atoms with van der Waals surface area (Å²) in [4.78, 5) is 0.631. The largest absolute Gasteiger partial charge is 0.508 e. The van der Waals surface area contributed by atoms with Crippen molar-refractivity contribution in [1.29, 1.82) is 0 Å². The molecule has 3 rings (SSSR count). The summed E-state index contributed by atoms with van der Waals surface area (Å²) >= 11 is 1.27.